The molecule has 0 aliphatic carbocycles. The van der Waals surface area contributed by atoms with Gasteiger partial charge in [0.2, 0.25) is 0 Å². The fourth-order valence-corrected chi connectivity index (χ4v) is 3.59. The van der Waals surface area contributed by atoms with Crippen molar-refractivity contribution in [3.8, 4) is 0 Å². The van der Waals surface area contributed by atoms with E-state index in [0.717, 1.165) is 5.75 Å². The van der Waals surface area contributed by atoms with Gasteiger partial charge in [0, 0.05) is 23.7 Å². The first-order valence-corrected chi connectivity index (χ1v) is 10.2. The average Bonchev–Trinajstić information content (AvgIpc) is 3.34. The number of aromatic amines is 1. The van der Waals surface area contributed by atoms with Crippen LogP contribution in [-0.4, -0.2) is 47.6 Å². The minimum absolute atomic E-state index is 0.102. The Balaban J connectivity index is 1.67. The van der Waals surface area contributed by atoms with Crippen LogP contribution < -0.4 is 5.32 Å². The number of pyridine rings is 1. The highest BCUT2D eigenvalue weighted by atomic mass is 32.2. The first-order valence-electron chi connectivity index (χ1n) is 8.80. The molecule has 1 atom stereocenters. The number of fused-ring (bicyclic) bond motifs is 2. The van der Waals surface area contributed by atoms with Crippen LogP contribution in [0.5, 0.6) is 0 Å². The molecule has 4 aromatic rings. The average molecular weight is 411 g/mol. The van der Waals surface area contributed by atoms with Crippen LogP contribution >= 0.6 is 11.8 Å². The van der Waals surface area contributed by atoms with Gasteiger partial charge in [-0.15, -0.1) is 10.2 Å². The maximum atomic E-state index is 13.0. The van der Waals surface area contributed by atoms with E-state index >= 15 is 0 Å². The number of nitro groups is 1. The molecule has 0 saturated carbocycles. The van der Waals surface area contributed by atoms with Crippen molar-refractivity contribution in [2.45, 2.75) is 12.5 Å². The molecule has 11 heteroatoms. The Labute approximate surface area is 168 Å². The number of rotatable bonds is 7. The lowest BCUT2D eigenvalue weighted by atomic mass is 10.1. The summed E-state index contributed by atoms with van der Waals surface area (Å²) in [6.45, 7) is 0. The number of hydrogen-bond acceptors (Lipinski definition) is 7. The van der Waals surface area contributed by atoms with E-state index in [1.54, 1.807) is 11.8 Å². The zero-order valence-electron chi connectivity index (χ0n) is 15.4. The fourth-order valence-electron chi connectivity index (χ4n) is 3.11. The maximum absolute atomic E-state index is 13.0. The number of benzene rings is 1. The van der Waals surface area contributed by atoms with E-state index in [1.807, 2.05) is 35.1 Å². The zero-order chi connectivity index (χ0) is 20.4. The maximum Gasteiger partial charge on any atom is 0.273 e. The Hall–Kier alpha value is -3.47. The van der Waals surface area contributed by atoms with Crippen LogP contribution in [-0.2, 0) is 0 Å². The number of thioether (sulfide) groups is 1. The van der Waals surface area contributed by atoms with Gasteiger partial charge < -0.3 is 5.32 Å². The topological polar surface area (TPSA) is 131 Å². The van der Waals surface area contributed by atoms with E-state index < -0.39 is 16.9 Å². The summed E-state index contributed by atoms with van der Waals surface area (Å²) in [4.78, 5) is 23.6. The first kappa shape index (κ1) is 18.9. The molecule has 10 nitrogen and oxygen atoms in total. The van der Waals surface area contributed by atoms with Crippen LogP contribution in [0.15, 0.2) is 42.6 Å². The molecule has 1 aromatic carbocycles. The van der Waals surface area contributed by atoms with Crippen LogP contribution in [0.4, 0.5) is 5.69 Å². The molecule has 1 amide bonds. The van der Waals surface area contributed by atoms with E-state index in [9.17, 15) is 14.9 Å². The van der Waals surface area contributed by atoms with Gasteiger partial charge in [-0.05, 0) is 36.6 Å². The Morgan fingerprint density at radius 1 is 1.34 bits per heavy atom. The summed E-state index contributed by atoms with van der Waals surface area (Å²) in [5, 5.41) is 29.7. The van der Waals surface area contributed by atoms with Crippen molar-refractivity contribution < 1.29 is 9.72 Å². The second-order valence-corrected chi connectivity index (χ2v) is 7.34. The van der Waals surface area contributed by atoms with Gasteiger partial charge in [0.1, 0.15) is 0 Å². The van der Waals surface area contributed by atoms with Crippen molar-refractivity contribution in [1.29, 1.82) is 0 Å². The fraction of sp³-hybridized carbons (Fsp3) is 0.222. The van der Waals surface area contributed by atoms with Crippen LogP contribution in [0.25, 0.3) is 16.6 Å². The second kappa shape index (κ2) is 7.87. The summed E-state index contributed by atoms with van der Waals surface area (Å²) in [5.41, 5.74) is 1.24. The second-order valence-electron chi connectivity index (χ2n) is 6.35. The number of nitrogens with one attached hydrogen (secondary N) is 2. The van der Waals surface area contributed by atoms with Gasteiger partial charge in [-0.2, -0.15) is 16.9 Å². The van der Waals surface area contributed by atoms with Crippen molar-refractivity contribution in [1.82, 2.24) is 30.1 Å². The van der Waals surface area contributed by atoms with Crippen LogP contribution in [0, 0.1) is 10.1 Å². The van der Waals surface area contributed by atoms with Crippen molar-refractivity contribution in [3.05, 3.63) is 64.2 Å². The van der Waals surface area contributed by atoms with Crippen molar-refractivity contribution in [3.63, 3.8) is 0 Å². The zero-order valence-corrected chi connectivity index (χ0v) is 16.2. The van der Waals surface area contributed by atoms with Gasteiger partial charge in [-0.25, -0.2) is 0 Å². The summed E-state index contributed by atoms with van der Waals surface area (Å²) in [6.07, 6.45) is 4.47. The number of hydrogen-bond donors (Lipinski definition) is 2. The van der Waals surface area contributed by atoms with E-state index in [4.69, 9.17) is 0 Å². The van der Waals surface area contributed by atoms with Crippen LogP contribution in [0.2, 0.25) is 0 Å². The molecule has 0 radical (unpaired) electrons. The van der Waals surface area contributed by atoms with E-state index in [0.29, 0.717) is 28.8 Å². The number of amides is 1. The minimum Gasteiger partial charge on any atom is -0.341 e. The lowest BCUT2D eigenvalue weighted by Gasteiger charge is -2.16. The summed E-state index contributed by atoms with van der Waals surface area (Å²) >= 11 is 1.66. The van der Waals surface area contributed by atoms with E-state index in [1.165, 1.54) is 18.2 Å². The van der Waals surface area contributed by atoms with Gasteiger partial charge in [-0.3, -0.25) is 24.4 Å². The largest absolute Gasteiger partial charge is 0.341 e. The number of aromatic nitrogens is 5. The lowest BCUT2D eigenvalue weighted by molar-refractivity contribution is -0.384. The summed E-state index contributed by atoms with van der Waals surface area (Å²) in [5.74, 6) is 0.990. The number of H-pyrrole nitrogens is 1. The third-order valence-electron chi connectivity index (χ3n) is 4.54. The Bertz CT molecular complexity index is 1200. The molecule has 0 aliphatic rings. The van der Waals surface area contributed by atoms with Crippen LogP contribution in [0.1, 0.15) is 28.8 Å². The predicted octanol–water partition coefficient (Wildman–Crippen LogP) is 2.74. The van der Waals surface area contributed by atoms with Crippen molar-refractivity contribution in [2.75, 3.05) is 12.0 Å². The third kappa shape index (κ3) is 3.63. The number of non-ortho nitro benzene ring substituents is 1. The molecule has 0 bridgehead atoms. The summed E-state index contributed by atoms with van der Waals surface area (Å²) < 4.78 is 1.83. The number of carbonyl (C=O) groups excluding carboxylic acids is 1. The standard InChI is InChI=1S/C18H17N7O3S/c1-29-9-7-14(17-23-21-15-4-2-3-8-24(15)17)19-18(26)16-12-10-11(25(27)28)5-6-13(12)20-22-16/h2-6,8,10,14H,7,9H2,1H3,(H,19,26)(H,20,22). The Morgan fingerprint density at radius 3 is 3.00 bits per heavy atom. The summed E-state index contributed by atoms with van der Waals surface area (Å²) in [6, 6.07) is 9.43. The molecule has 4 rings (SSSR count). The molecule has 3 heterocycles. The van der Waals surface area contributed by atoms with Gasteiger partial charge in [-0.1, -0.05) is 6.07 Å². The van der Waals surface area contributed by atoms with Crippen molar-refractivity contribution in [2.24, 2.45) is 0 Å². The molecule has 148 valence electrons. The molecule has 1 unspecified atom stereocenters. The SMILES string of the molecule is CSCCC(NC(=O)c1n[nH]c2ccc([N+](=O)[O-])cc12)c1nnc2ccccn12. The van der Waals surface area contributed by atoms with Gasteiger partial charge in [0.15, 0.2) is 17.2 Å². The Kier molecular flexibility index (Phi) is 5.12. The monoisotopic (exact) mass is 411 g/mol. The van der Waals surface area contributed by atoms with Gasteiger partial charge in [0.05, 0.1) is 16.5 Å². The third-order valence-corrected chi connectivity index (χ3v) is 5.18. The molecule has 0 fully saturated rings. The smallest absolute Gasteiger partial charge is 0.273 e. The number of carbonyl (C=O) groups is 1. The molecule has 29 heavy (non-hydrogen) atoms. The molecular weight excluding hydrogens is 394 g/mol. The number of nitrogens with zero attached hydrogens (tertiary/aromatic N) is 5. The van der Waals surface area contributed by atoms with Crippen molar-refractivity contribution >= 4 is 39.9 Å². The molecule has 0 spiro atoms. The predicted molar refractivity (Wildman–Crippen MR) is 109 cm³/mol. The quantitative estimate of drug-likeness (QED) is 0.353. The summed E-state index contributed by atoms with van der Waals surface area (Å²) in [7, 11) is 0. The van der Waals surface area contributed by atoms with Gasteiger partial charge >= 0.3 is 0 Å². The normalized spacial score (nSPS) is 12.3. The molecule has 0 aliphatic heterocycles. The minimum atomic E-state index is -0.502. The highest BCUT2D eigenvalue weighted by molar-refractivity contribution is 7.98. The molecule has 2 N–H and O–H groups in total. The van der Waals surface area contributed by atoms with Gasteiger partial charge in [0.25, 0.3) is 11.6 Å². The number of nitro benzene ring substituents is 1. The molecular formula is C18H17N7O3S. The van der Waals surface area contributed by atoms with E-state index in [-0.39, 0.29) is 11.4 Å². The Morgan fingerprint density at radius 2 is 2.21 bits per heavy atom. The van der Waals surface area contributed by atoms with E-state index in [2.05, 4.69) is 25.7 Å². The van der Waals surface area contributed by atoms with Crippen LogP contribution in [0.3, 0.4) is 0 Å². The molecule has 0 saturated heterocycles. The first-order chi connectivity index (χ1) is 14.1. The lowest BCUT2D eigenvalue weighted by Crippen LogP contribution is -2.30. The molecule has 3 aromatic heterocycles. The highest BCUT2D eigenvalue weighted by Gasteiger charge is 2.24. The highest BCUT2D eigenvalue weighted by Crippen LogP contribution is 2.24.